The lowest BCUT2D eigenvalue weighted by Gasteiger charge is -2.26. The number of hydrogen-bond donors (Lipinski definition) is 0. The molecule has 97 heavy (non-hydrogen) atoms. The monoisotopic (exact) mass is 1370 g/mol. The summed E-state index contributed by atoms with van der Waals surface area (Å²) in [6.07, 6.45) is 100. The van der Waals surface area contributed by atoms with E-state index in [1.54, 1.807) is 0 Å². The molecule has 0 aliphatic rings. The van der Waals surface area contributed by atoms with Crippen molar-refractivity contribution in [1.29, 1.82) is 0 Å². The quantitative estimate of drug-likeness (QED) is 0.0195. The number of hydrogen-bond acceptors (Lipinski definition) is 8. The molecule has 0 aromatic rings. The summed E-state index contributed by atoms with van der Waals surface area (Å²) < 4.78 is 22.9. The van der Waals surface area contributed by atoms with Crippen molar-refractivity contribution in [2.45, 2.75) is 463 Å². The first-order chi connectivity index (χ1) is 47.6. The molecule has 0 aromatic heterocycles. The molecule has 9 heteroatoms. The molecule has 0 spiro atoms. The van der Waals surface area contributed by atoms with Crippen LogP contribution < -0.4 is 5.11 Å². The molecule has 572 valence electrons. The van der Waals surface area contributed by atoms with Gasteiger partial charge in [-0.3, -0.25) is 9.59 Å². The summed E-state index contributed by atoms with van der Waals surface area (Å²) >= 11 is 0. The van der Waals surface area contributed by atoms with E-state index in [9.17, 15) is 19.5 Å². The molecule has 0 saturated carbocycles. The highest BCUT2D eigenvalue weighted by molar-refractivity contribution is 5.70. The number of aliphatic carboxylic acids is 1. The first-order valence-corrected chi connectivity index (χ1v) is 43.1. The number of rotatable bonds is 82. The number of ether oxygens (including phenoxy) is 4. The van der Waals surface area contributed by atoms with Crippen LogP contribution in [0.1, 0.15) is 450 Å². The number of carbonyl (C=O) groups is 3. The van der Waals surface area contributed by atoms with E-state index in [1.807, 2.05) is 21.1 Å². The van der Waals surface area contributed by atoms with Gasteiger partial charge in [0.05, 0.1) is 40.3 Å². The van der Waals surface area contributed by atoms with Gasteiger partial charge in [0.2, 0.25) is 0 Å². The summed E-state index contributed by atoms with van der Waals surface area (Å²) in [7, 11) is 5.96. The molecule has 2 unspecified atom stereocenters. The van der Waals surface area contributed by atoms with Crippen LogP contribution in [0, 0.1) is 0 Å². The fraction of sp³-hybridized carbons (Fsp3) is 0.898. The maximum atomic E-state index is 13.0. The number of unbranched alkanes of at least 4 members (excludes halogenated alkanes) is 61. The van der Waals surface area contributed by atoms with Gasteiger partial charge in [-0.05, 0) is 70.6 Å². The SMILES string of the molecule is CCCCCCC/C=C\C/C=C\CCCCCCCCCCCCCCCCCCCCCCCCCCCCCC(=O)OC(COC(=O)CCCCCCCCCCCCCCCCCCCCCCC/C=C\CCCCCCCCCC)COC(OCC[N+](C)(C)C)C(=O)[O-]. The third-order valence-corrected chi connectivity index (χ3v) is 19.9. The average Bonchev–Trinajstić information content (AvgIpc) is 2.39. The Kier molecular flexibility index (Phi) is 77.2. The third-order valence-electron chi connectivity index (χ3n) is 19.9. The van der Waals surface area contributed by atoms with Crippen molar-refractivity contribution in [3.8, 4) is 0 Å². The van der Waals surface area contributed by atoms with E-state index >= 15 is 0 Å². The Labute approximate surface area is 604 Å². The molecule has 0 bridgehead atoms. The lowest BCUT2D eigenvalue weighted by Crippen LogP contribution is -2.44. The van der Waals surface area contributed by atoms with Crippen LogP contribution in [-0.4, -0.2) is 82.3 Å². The summed E-state index contributed by atoms with van der Waals surface area (Å²) in [5.74, 6) is -2.24. The molecule has 0 radical (unpaired) electrons. The molecule has 0 aromatic carbocycles. The highest BCUT2D eigenvalue weighted by Gasteiger charge is 2.22. The van der Waals surface area contributed by atoms with Gasteiger partial charge in [0.1, 0.15) is 13.2 Å². The van der Waals surface area contributed by atoms with Gasteiger partial charge in [-0.15, -0.1) is 0 Å². The van der Waals surface area contributed by atoms with Crippen molar-refractivity contribution >= 4 is 17.9 Å². The minimum atomic E-state index is -1.62. The van der Waals surface area contributed by atoms with Gasteiger partial charge in [0.15, 0.2) is 12.4 Å². The molecular weight excluding hydrogens is 1200 g/mol. The summed E-state index contributed by atoms with van der Waals surface area (Å²) in [6.45, 7) is 4.83. The van der Waals surface area contributed by atoms with Gasteiger partial charge in [-0.25, -0.2) is 0 Å². The molecular formula is C88H167NO8. The summed E-state index contributed by atoms with van der Waals surface area (Å²) in [5, 5.41) is 11.9. The standard InChI is InChI=1S/C88H167NO8/c1-6-8-10-12-14-16-18-20-22-24-26-28-30-32-34-36-38-40-41-42-43-44-45-47-49-51-53-55-57-59-61-63-65-67-69-71-73-75-77-79-86(91)97-84(83-96-88(87(92)93)94-81-80-89(3,4)5)82-95-85(90)78-76-74-72-70-68-66-64-62-60-58-56-54-52-50-48-46-39-37-35-33-31-29-27-25-23-21-19-17-15-13-11-9-7-2/h18,20,24-27,84,88H,6-17,19,21-23,28-83H2,1-5H3/b20-18-,26-24-,27-25-. The van der Waals surface area contributed by atoms with Crippen LogP contribution in [0.3, 0.4) is 0 Å². The van der Waals surface area contributed by atoms with E-state index in [2.05, 4.69) is 50.3 Å². The maximum absolute atomic E-state index is 13.0. The van der Waals surface area contributed by atoms with Crippen molar-refractivity contribution < 1.29 is 42.9 Å². The second kappa shape index (κ2) is 79.2. The van der Waals surface area contributed by atoms with E-state index in [1.165, 1.54) is 379 Å². The number of esters is 2. The Balaban J connectivity index is 3.92. The first-order valence-electron chi connectivity index (χ1n) is 43.1. The van der Waals surface area contributed by atoms with E-state index in [0.717, 1.165) is 44.9 Å². The minimum absolute atomic E-state index is 0.152. The van der Waals surface area contributed by atoms with Crippen LogP contribution in [0.25, 0.3) is 0 Å². The summed E-state index contributed by atoms with van der Waals surface area (Å²) in [5.41, 5.74) is 0. The van der Waals surface area contributed by atoms with E-state index in [-0.39, 0.29) is 32.2 Å². The third kappa shape index (κ3) is 80.7. The number of likely N-dealkylation sites (N-methyl/N-ethyl adjacent to an activating group) is 1. The van der Waals surface area contributed by atoms with Gasteiger partial charge < -0.3 is 33.3 Å². The van der Waals surface area contributed by atoms with Crippen LogP contribution in [0.15, 0.2) is 36.5 Å². The van der Waals surface area contributed by atoms with Gasteiger partial charge in [-0.1, -0.05) is 403 Å². The van der Waals surface area contributed by atoms with Crippen LogP contribution in [0.5, 0.6) is 0 Å². The molecule has 0 aliphatic heterocycles. The number of quaternary nitrogens is 1. The summed E-state index contributed by atoms with van der Waals surface area (Å²) in [4.78, 5) is 37.7. The Hall–Kier alpha value is -2.49. The molecule has 0 amide bonds. The Bertz CT molecular complexity index is 1690. The van der Waals surface area contributed by atoms with E-state index < -0.39 is 24.3 Å². The van der Waals surface area contributed by atoms with Gasteiger partial charge in [0, 0.05) is 12.8 Å². The molecule has 0 saturated heterocycles. The van der Waals surface area contributed by atoms with Crippen molar-refractivity contribution in [3.63, 3.8) is 0 Å². The van der Waals surface area contributed by atoms with Crippen molar-refractivity contribution in [2.75, 3.05) is 47.5 Å². The lowest BCUT2D eigenvalue weighted by atomic mass is 10.0. The highest BCUT2D eigenvalue weighted by Crippen LogP contribution is 2.21. The van der Waals surface area contributed by atoms with Crippen LogP contribution in [0.2, 0.25) is 0 Å². The number of carboxylic acid groups (broad SMARTS) is 1. The zero-order valence-electron chi connectivity index (χ0n) is 65.7. The molecule has 2 atom stereocenters. The van der Waals surface area contributed by atoms with E-state index in [4.69, 9.17) is 18.9 Å². The molecule has 0 heterocycles. The minimum Gasteiger partial charge on any atom is -0.545 e. The second-order valence-electron chi connectivity index (χ2n) is 30.8. The number of nitrogens with zero attached hydrogens (tertiary/aromatic N) is 1. The molecule has 0 rings (SSSR count). The van der Waals surface area contributed by atoms with Gasteiger partial charge >= 0.3 is 11.9 Å². The van der Waals surface area contributed by atoms with Crippen LogP contribution in [-0.2, 0) is 33.3 Å². The van der Waals surface area contributed by atoms with Crippen molar-refractivity contribution in [2.24, 2.45) is 0 Å². The first kappa shape index (κ1) is 94.5. The van der Waals surface area contributed by atoms with Gasteiger partial charge in [-0.2, -0.15) is 0 Å². The average molecular weight is 1370 g/mol. The highest BCUT2D eigenvalue weighted by atomic mass is 16.7. The molecule has 0 aliphatic carbocycles. The number of carbonyl (C=O) groups excluding carboxylic acids is 3. The van der Waals surface area contributed by atoms with Crippen LogP contribution >= 0.6 is 0 Å². The molecule has 0 fully saturated rings. The second-order valence-corrected chi connectivity index (χ2v) is 30.8. The predicted octanol–water partition coefficient (Wildman–Crippen LogP) is 26.5. The Morgan fingerprint density at radius 2 is 0.557 bits per heavy atom. The van der Waals surface area contributed by atoms with E-state index in [0.29, 0.717) is 17.4 Å². The normalized spacial score (nSPS) is 12.7. The zero-order valence-corrected chi connectivity index (χ0v) is 65.7. The van der Waals surface area contributed by atoms with Gasteiger partial charge in [0.25, 0.3) is 0 Å². The fourth-order valence-electron chi connectivity index (χ4n) is 13.3. The zero-order chi connectivity index (χ0) is 70.4. The smallest absolute Gasteiger partial charge is 0.306 e. The predicted molar refractivity (Wildman–Crippen MR) is 417 cm³/mol. The van der Waals surface area contributed by atoms with Crippen molar-refractivity contribution in [3.05, 3.63) is 36.5 Å². The fourth-order valence-corrected chi connectivity index (χ4v) is 13.3. The number of allylic oxidation sites excluding steroid dienone is 6. The maximum Gasteiger partial charge on any atom is 0.306 e. The van der Waals surface area contributed by atoms with Crippen LogP contribution in [0.4, 0.5) is 0 Å². The topological polar surface area (TPSA) is 111 Å². The molecule has 9 nitrogen and oxygen atoms in total. The number of carboxylic acids is 1. The van der Waals surface area contributed by atoms with Crippen molar-refractivity contribution in [1.82, 2.24) is 0 Å². The molecule has 0 N–H and O–H groups in total. The largest absolute Gasteiger partial charge is 0.545 e. The Morgan fingerprint density at radius 3 is 0.825 bits per heavy atom. The summed E-state index contributed by atoms with van der Waals surface area (Å²) in [6, 6.07) is 0. The Morgan fingerprint density at radius 1 is 0.309 bits per heavy atom. The lowest BCUT2D eigenvalue weighted by molar-refractivity contribution is -0.870.